The third kappa shape index (κ3) is 6.47. The fourth-order valence-corrected chi connectivity index (χ4v) is 2.29. The Morgan fingerprint density at radius 2 is 1.86 bits per heavy atom. The first-order valence-electron chi connectivity index (χ1n) is 7.55. The molecule has 0 aromatic rings. The second kappa shape index (κ2) is 7.13. The van der Waals surface area contributed by atoms with Crippen molar-refractivity contribution in [1.82, 2.24) is 10.2 Å². The number of rotatable bonds is 4. The highest BCUT2D eigenvalue weighted by Gasteiger charge is 2.31. The van der Waals surface area contributed by atoms with Crippen LogP contribution in [0.15, 0.2) is 12.2 Å². The van der Waals surface area contributed by atoms with Crippen molar-refractivity contribution in [2.75, 3.05) is 20.2 Å². The van der Waals surface area contributed by atoms with Crippen molar-refractivity contribution >= 4 is 12.1 Å². The number of likely N-dealkylation sites (tertiary alicyclic amines) is 1. The minimum Gasteiger partial charge on any atom is -0.466 e. The van der Waals surface area contributed by atoms with Gasteiger partial charge >= 0.3 is 12.1 Å². The van der Waals surface area contributed by atoms with Gasteiger partial charge in [-0.25, -0.2) is 9.59 Å². The highest BCUT2D eigenvalue weighted by molar-refractivity contribution is 5.81. The Hall–Kier alpha value is -1.56. The first-order valence-corrected chi connectivity index (χ1v) is 7.55. The first-order chi connectivity index (χ1) is 10.0. The summed E-state index contributed by atoms with van der Waals surface area (Å²) >= 11 is 0. The Morgan fingerprint density at radius 1 is 1.23 bits per heavy atom. The number of hydrogen-bond acceptors (Lipinski definition) is 5. The molecule has 22 heavy (non-hydrogen) atoms. The highest BCUT2D eigenvalue weighted by atomic mass is 16.6. The summed E-state index contributed by atoms with van der Waals surface area (Å²) in [6.07, 6.45) is 3.76. The van der Waals surface area contributed by atoms with E-state index in [2.05, 4.69) is 10.1 Å². The molecule has 0 aromatic heterocycles. The Bertz CT molecular complexity index is 438. The van der Waals surface area contributed by atoms with Crippen LogP contribution in [0.5, 0.6) is 0 Å². The van der Waals surface area contributed by atoms with E-state index in [1.54, 1.807) is 11.0 Å². The number of carbonyl (C=O) groups is 2. The second-order valence-electron chi connectivity index (χ2n) is 7.13. The van der Waals surface area contributed by atoms with Gasteiger partial charge in [0.25, 0.3) is 0 Å². The monoisotopic (exact) mass is 312 g/mol. The smallest absolute Gasteiger partial charge is 0.410 e. The number of hydrogen-bond donors (Lipinski definition) is 1. The summed E-state index contributed by atoms with van der Waals surface area (Å²) < 4.78 is 9.97. The van der Waals surface area contributed by atoms with Crippen LogP contribution in [0.2, 0.25) is 0 Å². The third-order valence-electron chi connectivity index (χ3n) is 3.25. The van der Waals surface area contributed by atoms with E-state index in [1.165, 1.54) is 13.2 Å². The summed E-state index contributed by atoms with van der Waals surface area (Å²) in [5, 5.41) is 3.44. The van der Waals surface area contributed by atoms with Crippen LogP contribution < -0.4 is 5.32 Å². The van der Waals surface area contributed by atoms with Crippen LogP contribution in [-0.4, -0.2) is 54.3 Å². The van der Waals surface area contributed by atoms with Crippen molar-refractivity contribution in [3.8, 4) is 0 Å². The Balaban J connectivity index is 2.51. The summed E-state index contributed by atoms with van der Waals surface area (Å²) in [5.41, 5.74) is -0.839. The molecule has 1 atom stereocenters. The van der Waals surface area contributed by atoms with E-state index in [0.29, 0.717) is 13.1 Å². The molecule has 0 aromatic carbocycles. The number of carbonyl (C=O) groups excluding carboxylic acids is 2. The maximum Gasteiger partial charge on any atom is 0.410 e. The van der Waals surface area contributed by atoms with Gasteiger partial charge in [0, 0.05) is 30.7 Å². The number of amides is 1. The number of esters is 1. The highest BCUT2D eigenvalue weighted by Crippen LogP contribution is 2.17. The van der Waals surface area contributed by atoms with Gasteiger partial charge in [-0.05, 0) is 41.0 Å². The summed E-state index contributed by atoms with van der Waals surface area (Å²) in [4.78, 5) is 24.9. The standard InChI is InChI=1S/C16H28N2O4/c1-15(2,3)22-14(20)18-10-8-12(11-18)17-16(4,5)9-7-13(19)21-6/h7,9,12,17H,8,10-11H2,1-6H3/b9-7+. The predicted octanol–water partition coefficient (Wildman–Crippen LogP) is 2.09. The maximum absolute atomic E-state index is 12.0. The van der Waals surface area contributed by atoms with Gasteiger partial charge in [-0.2, -0.15) is 0 Å². The van der Waals surface area contributed by atoms with Gasteiger partial charge < -0.3 is 19.7 Å². The fraction of sp³-hybridized carbons (Fsp3) is 0.750. The molecule has 126 valence electrons. The number of ether oxygens (including phenoxy) is 2. The van der Waals surface area contributed by atoms with Crippen LogP contribution in [0.1, 0.15) is 41.0 Å². The Labute approximate surface area is 132 Å². The minimum atomic E-state index is -0.481. The van der Waals surface area contributed by atoms with E-state index in [9.17, 15) is 9.59 Å². The number of nitrogens with zero attached hydrogens (tertiary/aromatic N) is 1. The van der Waals surface area contributed by atoms with Crippen LogP contribution >= 0.6 is 0 Å². The molecule has 0 bridgehead atoms. The molecule has 1 saturated heterocycles. The molecule has 0 radical (unpaired) electrons. The van der Waals surface area contributed by atoms with Gasteiger partial charge in [-0.1, -0.05) is 6.08 Å². The molecule has 6 nitrogen and oxygen atoms in total. The molecule has 1 unspecified atom stereocenters. The summed E-state index contributed by atoms with van der Waals surface area (Å²) in [6, 6.07) is 0.171. The molecule has 6 heteroatoms. The van der Waals surface area contributed by atoms with Crippen molar-refractivity contribution in [1.29, 1.82) is 0 Å². The van der Waals surface area contributed by atoms with Gasteiger partial charge in [0.15, 0.2) is 0 Å². The van der Waals surface area contributed by atoms with Crippen molar-refractivity contribution in [3.63, 3.8) is 0 Å². The lowest BCUT2D eigenvalue weighted by atomic mass is 10.0. The van der Waals surface area contributed by atoms with E-state index in [-0.39, 0.29) is 23.6 Å². The van der Waals surface area contributed by atoms with E-state index < -0.39 is 5.60 Å². The molecule has 0 aliphatic carbocycles. The zero-order valence-corrected chi connectivity index (χ0v) is 14.4. The average Bonchev–Trinajstić information content (AvgIpc) is 2.81. The van der Waals surface area contributed by atoms with Crippen molar-refractivity contribution < 1.29 is 19.1 Å². The molecular formula is C16H28N2O4. The molecule has 1 aliphatic rings. The largest absolute Gasteiger partial charge is 0.466 e. The third-order valence-corrected chi connectivity index (χ3v) is 3.25. The van der Waals surface area contributed by atoms with E-state index in [4.69, 9.17) is 4.74 Å². The lowest BCUT2D eigenvalue weighted by Gasteiger charge is -2.28. The molecule has 1 aliphatic heterocycles. The summed E-state index contributed by atoms with van der Waals surface area (Å²) in [5.74, 6) is -0.378. The van der Waals surface area contributed by atoms with E-state index in [1.807, 2.05) is 34.6 Å². The van der Waals surface area contributed by atoms with Crippen molar-refractivity contribution in [2.45, 2.75) is 58.2 Å². The van der Waals surface area contributed by atoms with Gasteiger partial charge in [0.05, 0.1) is 7.11 Å². The van der Waals surface area contributed by atoms with Crippen LogP contribution in [0, 0.1) is 0 Å². The Kier molecular flexibility index (Phi) is 6.00. The zero-order valence-electron chi connectivity index (χ0n) is 14.4. The minimum absolute atomic E-state index is 0.171. The summed E-state index contributed by atoms with van der Waals surface area (Å²) in [7, 11) is 1.35. The molecule has 0 saturated carbocycles. The Morgan fingerprint density at radius 3 is 2.41 bits per heavy atom. The van der Waals surface area contributed by atoms with Gasteiger partial charge in [0.2, 0.25) is 0 Å². The molecule has 1 amide bonds. The van der Waals surface area contributed by atoms with Gasteiger partial charge in [-0.15, -0.1) is 0 Å². The van der Waals surface area contributed by atoms with Crippen LogP contribution in [-0.2, 0) is 14.3 Å². The predicted molar refractivity (Wildman–Crippen MR) is 84.6 cm³/mol. The van der Waals surface area contributed by atoms with Crippen LogP contribution in [0.25, 0.3) is 0 Å². The lowest BCUT2D eigenvalue weighted by molar-refractivity contribution is -0.134. The van der Waals surface area contributed by atoms with E-state index in [0.717, 1.165) is 6.42 Å². The quantitative estimate of drug-likeness (QED) is 0.636. The first kappa shape index (κ1) is 18.5. The van der Waals surface area contributed by atoms with Gasteiger partial charge in [0.1, 0.15) is 5.60 Å². The summed E-state index contributed by atoms with van der Waals surface area (Å²) in [6.45, 7) is 10.8. The SMILES string of the molecule is COC(=O)/C=C/C(C)(C)NC1CCN(C(=O)OC(C)(C)C)C1. The fourth-order valence-electron chi connectivity index (χ4n) is 2.29. The average molecular weight is 312 g/mol. The topological polar surface area (TPSA) is 67.9 Å². The number of nitrogens with one attached hydrogen (secondary N) is 1. The molecule has 0 spiro atoms. The second-order valence-corrected chi connectivity index (χ2v) is 7.13. The molecule has 1 N–H and O–H groups in total. The normalized spacial score (nSPS) is 19.5. The van der Waals surface area contributed by atoms with Gasteiger partial charge in [-0.3, -0.25) is 0 Å². The lowest BCUT2D eigenvalue weighted by Crippen LogP contribution is -2.46. The number of methoxy groups -OCH3 is 1. The molecular weight excluding hydrogens is 284 g/mol. The molecule has 1 heterocycles. The zero-order chi connectivity index (χ0) is 17.0. The van der Waals surface area contributed by atoms with Crippen molar-refractivity contribution in [2.24, 2.45) is 0 Å². The maximum atomic E-state index is 12.0. The molecule has 1 rings (SSSR count). The van der Waals surface area contributed by atoms with Crippen LogP contribution in [0.4, 0.5) is 4.79 Å². The molecule has 1 fully saturated rings. The van der Waals surface area contributed by atoms with E-state index >= 15 is 0 Å². The van der Waals surface area contributed by atoms with Crippen LogP contribution in [0.3, 0.4) is 0 Å². The van der Waals surface area contributed by atoms with Crippen molar-refractivity contribution in [3.05, 3.63) is 12.2 Å².